The average Bonchev–Trinajstić information content (AvgIpc) is 3.31. The molecular weight excluding hydrogens is 487 g/mol. The van der Waals surface area contributed by atoms with Crippen LogP contribution in [0.25, 0.3) is 22.2 Å². The predicted octanol–water partition coefficient (Wildman–Crippen LogP) is 3.44. The predicted molar refractivity (Wildman–Crippen MR) is 133 cm³/mol. The second-order valence-electron chi connectivity index (χ2n) is 9.12. The minimum Gasteiger partial charge on any atom is -0.377 e. The van der Waals surface area contributed by atoms with Crippen LogP contribution < -0.4 is 10.5 Å². The van der Waals surface area contributed by atoms with E-state index in [2.05, 4.69) is 10.1 Å². The van der Waals surface area contributed by atoms with Crippen LogP contribution in [0.3, 0.4) is 0 Å². The molecule has 1 atom stereocenters. The third-order valence-electron chi connectivity index (χ3n) is 6.84. The summed E-state index contributed by atoms with van der Waals surface area (Å²) in [4.78, 5) is 24.7. The summed E-state index contributed by atoms with van der Waals surface area (Å²) >= 11 is 5.99. The lowest BCUT2D eigenvalue weighted by Gasteiger charge is -2.34. The van der Waals surface area contributed by atoms with Crippen molar-refractivity contribution >= 4 is 28.3 Å². The van der Waals surface area contributed by atoms with E-state index in [0.29, 0.717) is 61.1 Å². The van der Waals surface area contributed by atoms with E-state index in [4.69, 9.17) is 26.1 Å². The highest BCUT2D eigenvalue weighted by molar-refractivity contribution is 6.30. The zero-order valence-corrected chi connectivity index (χ0v) is 20.6. The van der Waals surface area contributed by atoms with Crippen LogP contribution in [-0.4, -0.2) is 57.2 Å². The van der Waals surface area contributed by atoms with Crippen LogP contribution in [0.5, 0.6) is 0 Å². The van der Waals surface area contributed by atoms with Gasteiger partial charge in [0.15, 0.2) is 0 Å². The molecule has 0 radical (unpaired) electrons. The van der Waals surface area contributed by atoms with Gasteiger partial charge in [-0.1, -0.05) is 11.6 Å². The lowest BCUT2D eigenvalue weighted by molar-refractivity contribution is -0.0288. The maximum Gasteiger partial charge on any atom is 0.261 e. The van der Waals surface area contributed by atoms with Crippen molar-refractivity contribution in [3.05, 3.63) is 69.2 Å². The van der Waals surface area contributed by atoms with Crippen molar-refractivity contribution in [2.45, 2.75) is 19.1 Å². The Morgan fingerprint density at radius 3 is 2.78 bits per heavy atom. The Morgan fingerprint density at radius 1 is 1.19 bits per heavy atom. The number of aromatic nitrogens is 5. The first-order chi connectivity index (χ1) is 17.4. The normalized spacial score (nSPS) is 18.6. The van der Waals surface area contributed by atoms with Gasteiger partial charge >= 0.3 is 0 Å². The number of nitrogens with zero attached hydrogens (tertiary/aromatic N) is 6. The van der Waals surface area contributed by atoms with Crippen molar-refractivity contribution < 1.29 is 13.9 Å². The lowest BCUT2D eigenvalue weighted by Crippen LogP contribution is -2.39. The van der Waals surface area contributed by atoms with Gasteiger partial charge in [-0.05, 0) is 31.2 Å². The Bertz CT molecular complexity index is 1530. The largest absolute Gasteiger partial charge is 0.377 e. The van der Waals surface area contributed by atoms with E-state index in [9.17, 15) is 4.79 Å². The second-order valence-corrected chi connectivity index (χ2v) is 9.56. The molecule has 6 rings (SSSR count). The molecular formula is C25H24ClFN6O3. The molecule has 2 aliphatic heterocycles. The average molecular weight is 511 g/mol. The highest BCUT2D eigenvalue weighted by Gasteiger charge is 2.28. The van der Waals surface area contributed by atoms with E-state index < -0.39 is 5.82 Å². The number of pyridine rings is 1. The monoisotopic (exact) mass is 510 g/mol. The molecule has 3 aromatic heterocycles. The molecule has 9 nitrogen and oxygen atoms in total. The first-order valence-electron chi connectivity index (χ1n) is 11.7. The van der Waals surface area contributed by atoms with Gasteiger partial charge in [0, 0.05) is 42.5 Å². The molecule has 0 saturated carbocycles. The highest BCUT2D eigenvalue weighted by Crippen LogP contribution is 2.33. The summed E-state index contributed by atoms with van der Waals surface area (Å²) in [5.74, 6) is 0.543. The summed E-state index contributed by atoms with van der Waals surface area (Å²) in [6.07, 6.45) is 3.59. The van der Waals surface area contributed by atoms with Crippen molar-refractivity contribution in [1.29, 1.82) is 0 Å². The van der Waals surface area contributed by atoms with Gasteiger partial charge in [-0.25, -0.2) is 14.4 Å². The van der Waals surface area contributed by atoms with E-state index in [0.717, 1.165) is 5.56 Å². The number of hydrogen-bond donors (Lipinski definition) is 0. The molecule has 186 valence electrons. The minimum atomic E-state index is -0.527. The van der Waals surface area contributed by atoms with Crippen molar-refractivity contribution in [2.75, 3.05) is 37.8 Å². The second kappa shape index (κ2) is 8.95. The summed E-state index contributed by atoms with van der Waals surface area (Å²) in [7, 11) is 1.67. The van der Waals surface area contributed by atoms with Crippen LogP contribution in [0.1, 0.15) is 23.5 Å². The van der Waals surface area contributed by atoms with Crippen LogP contribution in [-0.2, 0) is 16.5 Å². The van der Waals surface area contributed by atoms with Crippen LogP contribution in [0.4, 0.5) is 10.2 Å². The van der Waals surface area contributed by atoms with E-state index >= 15 is 4.39 Å². The Balaban J connectivity index is 1.43. The molecule has 5 heterocycles. The number of fused-ring (bicyclic) bond motifs is 1. The quantitative estimate of drug-likeness (QED) is 0.415. The third kappa shape index (κ3) is 3.95. The standard InChI is InChI=1S/C25H24ClFN6O3/c1-14-29-24-19(25(34)31(14)2)8-22(30-23(24)18-4-3-16(26)7-20(18)27)32-5-6-36-21(11-32)15-9-28-33(10-15)17-12-35-13-17/h3-4,7-10,17,21H,5-6,11-13H2,1-2H3/t21-/m0/s1. The number of aryl methyl sites for hydroxylation is 1. The fourth-order valence-corrected chi connectivity index (χ4v) is 4.71. The maximum absolute atomic E-state index is 15.0. The number of morpholine rings is 1. The number of halogens is 2. The molecule has 0 amide bonds. The zero-order chi connectivity index (χ0) is 25.0. The molecule has 2 saturated heterocycles. The number of anilines is 1. The fourth-order valence-electron chi connectivity index (χ4n) is 4.55. The van der Waals surface area contributed by atoms with E-state index in [1.165, 1.54) is 10.6 Å². The number of rotatable bonds is 4. The minimum absolute atomic E-state index is 0.217. The molecule has 0 unspecified atom stereocenters. The Hall–Kier alpha value is -3.34. The third-order valence-corrected chi connectivity index (χ3v) is 7.07. The molecule has 0 aliphatic carbocycles. The van der Waals surface area contributed by atoms with Gasteiger partial charge in [-0.15, -0.1) is 0 Å². The Kier molecular flexibility index (Phi) is 5.74. The van der Waals surface area contributed by atoms with Crippen molar-refractivity contribution in [3.63, 3.8) is 0 Å². The Morgan fingerprint density at radius 2 is 2.03 bits per heavy atom. The molecule has 0 N–H and O–H groups in total. The SMILES string of the molecule is Cc1nc2c(-c3ccc(Cl)cc3F)nc(N3CCO[C@H](c4cnn(C5COC5)c4)C3)cc2c(=O)n1C. The fraction of sp³-hybridized carbons (Fsp3) is 0.360. The van der Waals surface area contributed by atoms with Gasteiger partial charge in [-0.2, -0.15) is 5.10 Å². The Labute approximate surface area is 211 Å². The van der Waals surface area contributed by atoms with E-state index in [1.54, 1.807) is 32.2 Å². The van der Waals surface area contributed by atoms with Crippen molar-refractivity contribution in [1.82, 2.24) is 24.3 Å². The number of ether oxygens (including phenoxy) is 2. The molecule has 11 heteroatoms. The summed E-state index contributed by atoms with van der Waals surface area (Å²) in [6.45, 7) is 4.60. The van der Waals surface area contributed by atoms with Crippen LogP contribution in [0, 0.1) is 12.7 Å². The summed E-state index contributed by atoms with van der Waals surface area (Å²) in [5, 5.41) is 5.12. The maximum atomic E-state index is 15.0. The van der Waals surface area contributed by atoms with E-state index in [-0.39, 0.29) is 28.3 Å². The van der Waals surface area contributed by atoms with E-state index in [1.807, 2.05) is 22.0 Å². The summed E-state index contributed by atoms with van der Waals surface area (Å²) in [5.41, 5.74) is 1.64. The van der Waals surface area contributed by atoms with Gasteiger partial charge in [0.1, 0.15) is 34.8 Å². The first-order valence-corrected chi connectivity index (χ1v) is 12.1. The molecule has 2 aliphatic rings. The topological polar surface area (TPSA) is 87.3 Å². The number of benzene rings is 1. The lowest BCUT2D eigenvalue weighted by atomic mass is 10.1. The van der Waals surface area contributed by atoms with Crippen molar-refractivity contribution in [3.8, 4) is 11.3 Å². The molecule has 36 heavy (non-hydrogen) atoms. The zero-order valence-electron chi connectivity index (χ0n) is 19.8. The summed E-state index contributed by atoms with van der Waals surface area (Å²) in [6, 6.07) is 6.39. The first kappa shape index (κ1) is 23.1. The van der Waals surface area contributed by atoms with Gasteiger partial charge in [-0.3, -0.25) is 14.0 Å². The van der Waals surface area contributed by atoms with Crippen LogP contribution in [0.2, 0.25) is 5.02 Å². The van der Waals surface area contributed by atoms with Gasteiger partial charge in [0.25, 0.3) is 5.56 Å². The molecule has 0 spiro atoms. The van der Waals surface area contributed by atoms with Gasteiger partial charge < -0.3 is 14.4 Å². The molecule has 0 bridgehead atoms. The number of hydrogen-bond acceptors (Lipinski definition) is 7. The van der Waals surface area contributed by atoms with Crippen LogP contribution in [0.15, 0.2) is 41.5 Å². The highest BCUT2D eigenvalue weighted by atomic mass is 35.5. The summed E-state index contributed by atoms with van der Waals surface area (Å²) < 4.78 is 29.7. The van der Waals surface area contributed by atoms with Crippen LogP contribution >= 0.6 is 11.6 Å². The molecule has 2 fully saturated rings. The van der Waals surface area contributed by atoms with Crippen molar-refractivity contribution in [2.24, 2.45) is 7.05 Å². The molecule has 1 aromatic carbocycles. The van der Waals surface area contributed by atoms with Gasteiger partial charge in [0.2, 0.25) is 0 Å². The van der Waals surface area contributed by atoms with Gasteiger partial charge in [0.05, 0.1) is 37.4 Å². The smallest absolute Gasteiger partial charge is 0.261 e. The molecule has 4 aromatic rings.